The standard InChI is InChI=1S/C30H32N4O.C4H4O4/c35-29(26-13-5-2-6-14-26)17-19-34-28-16-8-7-15-27(28)31-30(34)24-33-22-20-32(21-23-33)18-9-12-25-10-3-1-4-11-25;5-3(6)1-2-4(7)8/h1-16H,17-24H2;1-2H,(H,5,6)(H,7,8)/b12-9+;2-1-. The number of hydrogen-bond acceptors (Lipinski definition) is 6. The van der Waals surface area contributed by atoms with E-state index in [2.05, 4.69) is 62.9 Å². The summed E-state index contributed by atoms with van der Waals surface area (Å²) in [6.07, 6.45) is 6.04. The van der Waals surface area contributed by atoms with Crippen molar-refractivity contribution in [3.63, 3.8) is 0 Å². The van der Waals surface area contributed by atoms with Crippen LogP contribution in [0.25, 0.3) is 17.1 Å². The highest BCUT2D eigenvalue weighted by molar-refractivity contribution is 5.96. The molecule has 0 amide bonds. The van der Waals surface area contributed by atoms with Crippen LogP contribution in [0.15, 0.2) is 103 Å². The smallest absolute Gasteiger partial charge is 0.328 e. The van der Waals surface area contributed by atoms with Crippen LogP contribution < -0.4 is 0 Å². The number of aromatic nitrogens is 2. The molecule has 222 valence electrons. The van der Waals surface area contributed by atoms with Gasteiger partial charge in [-0.2, -0.15) is 0 Å². The largest absolute Gasteiger partial charge is 0.478 e. The van der Waals surface area contributed by atoms with E-state index in [-0.39, 0.29) is 5.78 Å². The van der Waals surface area contributed by atoms with E-state index in [0.29, 0.717) is 25.1 Å². The molecule has 9 heteroatoms. The van der Waals surface area contributed by atoms with Crippen LogP contribution >= 0.6 is 0 Å². The summed E-state index contributed by atoms with van der Waals surface area (Å²) >= 11 is 0. The van der Waals surface area contributed by atoms with E-state index >= 15 is 0 Å². The number of rotatable bonds is 11. The molecule has 0 atom stereocenters. The molecule has 0 radical (unpaired) electrons. The lowest BCUT2D eigenvalue weighted by Gasteiger charge is -2.34. The minimum Gasteiger partial charge on any atom is -0.478 e. The minimum atomic E-state index is -1.26. The summed E-state index contributed by atoms with van der Waals surface area (Å²) in [4.78, 5) is 41.8. The van der Waals surface area contributed by atoms with Crippen LogP contribution in [0.3, 0.4) is 0 Å². The van der Waals surface area contributed by atoms with Crippen molar-refractivity contribution in [2.75, 3.05) is 32.7 Å². The summed E-state index contributed by atoms with van der Waals surface area (Å²) in [5, 5.41) is 15.6. The van der Waals surface area contributed by atoms with Crippen LogP contribution in [-0.2, 0) is 22.7 Å². The van der Waals surface area contributed by atoms with Crippen molar-refractivity contribution in [3.05, 3.63) is 120 Å². The van der Waals surface area contributed by atoms with Crippen molar-refractivity contribution in [2.24, 2.45) is 0 Å². The third-order valence-electron chi connectivity index (χ3n) is 7.06. The number of Topliss-reactive ketones (excluding diaryl/α,β-unsaturated/α-hetero) is 1. The second-order valence-corrected chi connectivity index (χ2v) is 10.1. The molecule has 0 spiro atoms. The second kappa shape index (κ2) is 16.0. The zero-order chi connectivity index (χ0) is 30.4. The number of carboxylic acid groups (broad SMARTS) is 2. The number of fused-ring (bicyclic) bond motifs is 1. The molecule has 0 saturated carbocycles. The van der Waals surface area contributed by atoms with E-state index in [1.165, 1.54) is 5.56 Å². The van der Waals surface area contributed by atoms with E-state index in [0.717, 1.165) is 61.7 Å². The van der Waals surface area contributed by atoms with Crippen LogP contribution in [0, 0.1) is 0 Å². The van der Waals surface area contributed by atoms with E-state index in [9.17, 15) is 14.4 Å². The normalized spacial score (nSPS) is 14.1. The Hall–Kier alpha value is -4.86. The Bertz CT molecular complexity index is 1540. The van der Waals surface area contributed by atoms with Gasteiger partial charge >= 0.3 is 11.9 Å². The fourth-order valence-electron chi connectivity index (χ4n) is 4.85. The van der Waals surface area contributed by atoms with Gasteiger partial charge in [-0.05, 0) is 17.7 Å². The van der Waals surface area contributed by atoms with Gasteiger partial charge in [-0.3, -0.25) is 14.6 Å². The van der Waals surface area contributed by atoms with E-state index in [1.54, 1.807) is 0 Å². The number of aryl methyl sites for hydroxylation is 1. The highest BCUT2D eigenvalue weighted by atomic mass is 16.4. The maximum atomic E-state index is 12.7. The van der Waals surface area contributed by atoms with Gasteiger partial charge in [-0.15, -0.1) is 0 Å². The predicted molar refractivity (Wildman–Crippen MR) is 167 cm³/mol. The first kappa shape index (κ1) is 31.1. The molecule has 1 aromatic heterocycles. The van der Waals surface area contributed by atoms with Crippen LogP contribution in [0.2, 0.25) is 0 Å². The molecule has 2 heterocycles. The van der Waals surface area contributed by atoms with Crippen molar-refractivity contribution in [1.82, 2.24) is 19.4 Å². The van der Waals surface area contributed by atoms with Crippen molar-refractivity contribution in [1.29, 1.82) is 0 Å². The molecule has 1 aliphatic rings. The SMILES string of the molecule is O=C(CCn1c(CN2CCN(C/C=C/c3ccccc3)CC2)nc2ccccc21)c1ccccc1.O=C(O)/C=C\C(=O)O. The zero-order valence-electron chi connectivity index (χ0n) is 24.0. The van der Waals surface area contributed by atoms with Gasteiger partial charge < -0.3 is 14.8 Å². The number of aliphatic carboxylic acids is 2. The van der Waals surface area contributed by atoms with E-state index in [4.69, 9.17) is 15.2 Å². The highest BCUT2D eigenvalue weighted by Crippen LogP contribution is 2.19. The number of para-hydroxylation sites is 2. The van der Waals surface area contributed by atoms with Crippen LogP contribution in [0.1, 0.15) is 28.2 Å². The lowest BCUT2D eigenvalue weighted by atomic mass is 10.1. The van der Waals surface area contributed by atoms with Gasteiger partial charge in [-0.1, -0.05) is 84.9 Å². The summed E-state index contributed by atoms with van der Waals surface area (Å²) in [6.45, 7) is 6.56. The van der Waals surface area contributed by atoms with Crippen molar-refractivity contribution >= 4 is 34.8 Å². The fraction of sp³-hybridized carbons (Fsp3) is 0.235. The third kappa shape index (κ3) is 9.88. The molecule has 1 saturated heterocycles. The minimum absolute atomic E-state index is 0.173. The zero-order valence-corrected chi connectivity index (χ0v) is 24.0. The topological polar surface area (TPSA) is 116 Å². The maximum Gasteiger partial charge on any atom is 0.328 e. The van der Waals surface area contributed by atoms with Crippen molar-refractivity contribution in [3.8, 4) is 0 Å². The van der Waals surface area contributed by atoms with Gasteiger partial charge in [0, 0.05) is 63.4 Å². The molecular weight excluding hydrogens is 544 g/mol. The van der Waals surface area contributed by atoms with Crippen LogP contribution in [0.4, 0.5) is 0 Å². The molecule has 1 fully saturated rings. The van der Waals surface area contributed by atoms with Crippen molar-refractivity contribution in [2.45, 2.75) is 19.5 Å². The molecule has 9 nitrogen and oxygen atoms in total. The molecule has 5 rings (SSSR count). The average Bonchev–Trinajstić information content (AvgIpc) is 3.37. The Kier molecular flexibility index (Phi) is 11.5. The van der Waals surface area contributed by atoms with Gasteiger partial charge in [0.25, 0.3) is 0 Å². The molecule has 0 unspecified atom stereocenters. The number of carboxylic acids is 2. The van der Waals surface area contributed by atoms with Gasteiger partial charge in [0.05, 0.1) is 17.6 Å². The summed E-state index contributed by atoms with van der Waals surface area (Å²) in [5.41, 5.74) is 4.12. The summed E-state index contributed by atoms with van der Waals surface area (Å²) in [5.74, 6) is -1.30. The first-order valence-corrected chi connectivity index (χ1v) is 14.2. The number of ketones is 1. The van der Waals surface area contributed by atoms with Gasteiger partial charge in [-0.25, -0.2) is 14.6 Å². The summed E-state index contributed by atoms with van der Waals surface area (Å²) in [6, 6.07) is 28.3. The molecule has 0 aliphatic carbocycles. The summed E-state index contributed by atoms with van der Waals surface area (Å²) < 4.78 is 2.24. The average molecular weight is 581 g/mol. The van der Waals surface area contributed by atoms with Gasteiger partial charge in [0.2, 0.25) is 0 Å². The third-order valence-corrected chi connectivity index (χ3v) is 7.06. The van der Waals surface area contributed by atoms with Gasteiger partial charge in [0.15, 0.2) is 5.78 Å². The molecule has 3 aromatic carbocycles. The number of hydrogen-bond donors (Lipinski definition) is 2. The fourth-order valence-corrected chi connectivity index (χ4v) is 4.85. The Morgan fingerprint density at radius 3 is 1.98 bits per heavy atom. The first-order valence-electron chi connectivity index (χ1n) is 14.2. The molecule has 2 N–H and O–H groups in total. The first-order chi connectivity index (χ1) is 20.9. The highest BCUT2D eigenvalue weighted by Gasteiger charge is 2.20. The summed E-state index contributed by atoms with van der Waals surface area (Å²) in [7, 11) is 0. The Labute approximate surface area is 251 Å². The Balaban J connectivity index is 0.000000467. The lowest BCUT2D eigenvalue weighted by molar-refractivity contribution is -0.134. The number of carbonyl (C=O) groups excluding carboxylic acids is 1. The van der Waals surface area contributed by atoms with Crippen LogP contribution in [0.5, 0.6) is 0 Å². The quantitative estimate of drug-likeness (QED) is 0.191. The molecule has 43 heavy (non-hydrogen) atoms. The second-order valence-electron chi connectivity index (χ2n) is 10.1. The number of imidazole rings is 1. The number of nitrogens with zero attached hydrogens (tertiary/aromatic N) is 4. The molecule has 4 aromatic rings. The van der Waals surface area contributed by atoms with E-state index < -0.39 is 11.9 Å². The Morgan fingerprint density at radius 2 is 1.33 bits per heavy atom. The molecular formula is C34H36N4O5. The maximum absolute atomic E-state index is 12.7. The van der Waals surface area contributed by atoms with E-state index in [1.807, 2.05) is 48.5 Å². The monoisotopic (exact) mass is 580 g/mol. The van der Waals surface area contributed by atoms with Crippen molar-refractivity contribution < 1.29 is 24.6 Å². The lowest BCUT2D eigenvalue weighted by Crippen LogP contribution is -2.46. The number of piperazine rings is 1. The molecule has 1 aliphatic heterocycles. The Morgan fingerprint density at radius 1 is 0.744 bits per heavy atom. The predicted octanol–water partition coefficient (Wildman–Crippen LogP) is 4.85. The number of benzene rings is 3. The van der Waals surface area contributed by atoms with Crippen LogP contribution in [-0.4, -0.2) is 80.0 Å². The number of carbonyl (C=O) groups is 3. The van der Waals surface area contributed by atoms with Gasteiger partial charge in [0.1, 0.15) is 5.82 Å². The molecule has 0 bridgehead atoms.